The number of hydrogen-bond donors (Lipinski definition) is 0. The zero-order chi connectivity index (χ0) is 27.3. The molecule has 0 heterocycles. The predicted molar refractivity (Wildman–Crippen MR) is 121 cm³/mol. The van der Waals surface area contributed by atoms with Gasteiger partial charge in [-0.3, -0.25) is 0 Å². The first-order chi connectivity index (χ1) is 18.0. The summed E-state index contributed by atoms with van der Waals surface area (Å²) >= 11 is 0. The normalized spacial score (nSPS) is 11.3. The zero-order valence-corrected chi connectivity index (χ0v) is 18.6. The molecule has 2 nitrogen and oxygen atoms in total. The molecule has 0 aliphatic heterocycles. The van der Waals surface area contributed by atoms with Gasteiger partial charge >= 0.3 is 7.12 Å². The van der Waals surface area contributed by atoms with Crippen LogP contribution in [-0.2, 0) is 0 Å². The smallest absolute Gasteiger partial charge is 0.521 e. The van der Waals surface area contributed by atoms with E-state index in [1.807, 2.05) is 0 Å². The second-order valence-electron chi connectivity index (χ2n) is 8.04. The van der Waals surface area contributed by atoms with E-state index in [2.05, 4.69) is 0 Å². The lowest BCUT2D eigenvalue weighted by Gasteiger charge is -2.20. The topological polar surface area (TPSA) is 18.5 Å². The largest absolute Gasteiger partial charge is 0.635 e. The molecule has 5 aromatic rings. The van der Waals surface area contributed by atoms with Crippen LogP contribution in [0.1, 0.15) is 0 Å². The van der Waals surface area contributed by atoms with Gasteiger partial charge in [-0.2, -0.15) is 0 Å². The summed E-state index contributed by atoms with van der Waals surface area (Å²) in [6.07, 6.45) is 0. The minimum Gasteiger partial charge on any atom is -0.521 e. The molecule has 5 rings (SSSR count). The molecule has 0 atom stereocenters. The van der Waals surface area contributed by atoms with Crippen LogP contribution in [0.5, 0.6) is 11.5 Å². The summed E-state index contributed by atoms with van der Waals surface area (Å²) in [5.41, 5.74) is -0.799. The molecule has 5 aromatic carbocycles. The van der Waals surface area contributed by atoms with Crippen molar-refractivity contribution < 1.29 is 48.8 Å². The van der Waals surface area contributed by atoms with Gasteiger partial charge in [-0.25, -0.2) is 39.5 Å². The van der Waals surface area contributed by atoms with E-state index in [0.717, 1.165) is 30.3 Å². The van der Waals surface area contributed by atoms with Crippen molar-refractivity contribution in [3.8, 4) is 11.5 Å². The van der Waals surface area contributed by atoms with Crippen molar-refractivity contribution in [3.05, 3.63) is 113 Å². The summed E-state index contributed by atoms with van der Waals surface area (Å²) in [6, 6.07) is 6.78. The Kier molecular flexibility index (Phi) is 6.33. The number of fused-ring (bicyclic) bond motifs is 2. The molecule has 0 aliphatic rings. The van der Waals surface area contributed by atoms with Crippen molar-refractivity contribution in [1.29, 1.82) is 0 Å². The Morgan fingerprint density at radius 2 is 0.895 bits per heavy atom. The third-order valence-corrected chi connectivity index (χ3v) is 5.67. The van der Waals surface area contributed by atoms with Crippen LogP contribution < -0.4 is 14.8 Å². The molecule has 0 radical (unpaired) electrons. The van der Waals surface area contributed by atoms with Crippen LogP contribution in [0.4, 0.5) is 39.5 Å². The Balaban J connectivity index is 1.70. The van der Waals surface area contributed by atoms with Crippen molar-refractivity contribution in [2.45, 2.75) is 0 Å². The van der Waals surface area contributed by atoms with Crippen LogP contribution in [0.2, 0.25) is 0 Å². The molecule has 0 amide bonds. The molecule has 0 aromatic heterocycles. The van der Waals surface area contributed by atoms with Crippen LogP contribution in [0.25, 0.3) is 21.5 Å². The lowest BCUT2D eigenvalue weighted by atomic mass is 9.77. The fourth-order valence-electron chi connectivity index (χ4n) is 3.98. The second kappa shape index (κ2) is 9.51. The van der Waals surface area contributed by atoms with E-state index in [9.17, 15) is 39.5 Å². The van der Waals surface area contributed by atoms with E-state index in [1.165, 1.54) is 0 Å². The highest BCUT2D eigenvalue weighted by Gasteiger charge is 2.34. The van der Waals surface area contributed by atoms with Gasteiger partial charge in [0, 0.05) is 22.9 Å². The monoisotopic (exact) mass is 536 g/mol. The Hall–Kier alpha value is -4.35. The van der Waals surface area contributed by atoms with Crippen LogP contribution in [0.3, 0.4) is 0 Å². The molecular weight excluding hydrogens is 526 g/mol. The molecule has 0 unspecified atom stereocenters. The molecule has 0 saturated heterocycles. The molecule has 0 N–H and O–H groups in total. The van der Waals surface area contributed by atoms with Gasteiger partial charge in [-0.15, -0.1) is 0 Å². The van der Waals surface area contributed by atoms with Gasteiger partial charge in [0.25, 0.3) is 0 Å². The van der Waals surface area contributed by atoms with E-state index in [1.54, 1.807) is 0 Å². The molecule has 0 fully saturated rings. The highest BCUT2D eigenvalue weighted by Crippen LogP contribution is 2.34. The molecule has 192 valence electrons. The number of hydrogen-bond acceptors (Lipinski definition) is 2. The van der Waals surface area contributed by atoms with E-state index in [0.29, 0.717) is 30.3 Å². The fraction of sp³-hybridized carbons (Fsp3) is 0. The van der Waals surface area contributed by atoms with Gasteiger partial charge < -0.3 is 9.31 Å². The van der Waals surface area contributed by atoms with Crippen molar-refractivity contribution >= 4 is 34.1 Å². The van der Waals surface area contributed by atoms with E-state index >= 15 is 0 Å². The Morgan fingerprint density at radius 3 is 1.37 bits per heavy atom. The lowest BCUT2D eigenvalue weighted by molar-refractivity contribution is 0.427. The van der Waals surface area contributed by atoms with Gasteiger partial charge in [0.1, 0.15) is 46.4 Å². The van der Waals surface area contributed by atoms with Gasteiger partial charge in [-0.05, 0) is 42.5 Å². The van der Waals surface area contributed by atoms with Gasteiger partial charge in [-0.1, -0.05) is 6.07 Å². The van der Waals surface area contributed by atoms with Gasteiger partial charge in [0.05, 0.1) is 16.2 Å². The highest BCUT2D eigenvalue weighted by atomic mass is 19.2. The quantitative estimate of drug-likeness (QED) is 0.136. The summed E-state index contributed by atoms with van der Waals surface area (Å²) < 4.78 is 139. The van der Waals surface area contributed by atoms with Crippen molar-refractivity contribution in [3.63, 3.8) is 0 Å². The van der Waals surface area contributed by atoms with Gasteiger partial charge in [0.15, 0.2) is 17.5 Å². The predicted octanol–water partition coefficient (Wildman–Crippen LogP) is 7.10. The van der Waals surface area contributed by atoms with E-state index in [4.69, 9.17) is 9.31 Å². The number of benzene rings is 5. The molecule has 12 heteroatoms. The summed E-state index contributed by atoms with van der Waals surface area (Å²) in [5.74, 6) is -13.3. The van der Waals surface area contributed by atoms with Crippen molar-refractivity contribution in [2.75, 3.05) is 0 Å². The van der Waals surface area contributed by atoms with Crippen LogP contribution in [-0.4, -0.2) is 7.12 Å². The molecule has 38 heavy (non-hydrogen) atoms. The summed E-state index contributed by atoms with van der Waals surface area (Å²) in [6.45, 7) is 0. The summed E-state index contributed by atoms with van der Waals surface area (Å²) in [5, 5.41) is -2.35. The number of rotatable bonds is 5. The van der Waals surface area contributed by atoms with Crippen molar-refractivity contribution in [1.82, 2.24) is 0 Å². The first-order valence-corrected chi connectivity index (χ1v) is 10.7. The average Bonchev–Trinajstić information content (AvgIpc) is 2.84. The SMILES string of the molecule is Fc1cc(F)c2c(F)ccc(OB(Oc3ccc(F)c4c(F)cc(F)cc34)c3ccc(F)c(F)c3F)c2c1. The first-order valence-electron chi connectivity index (χ1n) is 10.7. The summed E-state index contributed by atoms with van der Waals surface area (Å²) in [4.78, 5) is 0. The minimum absolute atomic E-state index is 0.409. The maximum Gasteiger partial charge on any atom is 0.635 e. The number of halogens is 9. The molecule has 0 aliphatic carbocycles. The third-order valence-electron chi connectivity index (χ3n) is 5.67. The maximum atomic E-state index is 14.8. The fourth-order valence-corrected chi connectivity index (χ4v) is 3.98. The van der Waals surface area contributed by atoms with E-state index in [-0.39, 0.29) is 0 Å². The van der Waals surface area contributed by atoms with Gasteiger partial charge in [0.2, 0.25) is 0 Å². The second-order valence-corrected chi connectivity index (χ2v) is 8.04. The lowest BCUT2D eigenvalue weighted by Crippen LogP contribution is -2.45. The maximum absolute atomic E-state index is 14.8. The summed E-state index contributed by atoms with van der Waals surface area (Å²) in [7, 11) is -2.12. The standard InChI is InChI=1S/C26H10BF9O2/c28-11-7-13-21(5-3-16(30)23(13)19(33)9-11)37-27(15-1-2-18(32)26(36)25(15)35)38-22-6-4-17(31)24-14(22)8-12(29)10-20(24)34/h1-10H. The molecule has 0 saturated carbocycles. The average molecular weight is 536 g/mol. The minimum atomic E-state index is -2.12. The molecule has 0 spiro atoms. The third kappa shape index (κ3) is 4.35. The zero-order valence-electron chi connectivity index (χ0n) is 18.6. The Labute approximate surface area is 208 Å². The first kappa shape index (κ1) is 25.3. The molecular formula is C26H10BF9O2. The van der Waals surface area contributed by atoms with Crippen LogP contribution >= 0.6 is 0 Å². The Bertz CT molecular complexity index is 1640. The highest BCUT2D eigenvalue weighted by molar-refractivity contribution is 6.63. The van der Waals surface area contributed by atoms with Crippen molar-refractivity contribution in [2.24, 2.45) is 0 Å². The van der Waals surface area contributed by atoms with Crippen LogP contribution in [0, 0.1) is 52.4 Å². The molecule has 0 bridgehead atoms. The van der Waals surface area contributed by atoms with Crippen LogP contribution in [0.15, 0.2) is 60.7 Å². The van der Waals surface area contributed by atoms with E-state index < -0.39 is 98.0 Å². The Morgan fingerprint density at radius 1 is 0.447 bits per heavy atom.